The van der Waals surface area contributed by atoms with Gasteiger partial charge in [0.15, 0.2) is 6.10 Å². The van der Waals surface area contributed by atoms with E-state index in [1.165, 1.54) is 19.3 Å². The topological polar surface area (TPSA) is 231 Å². The summed E-state index contributed by atoms with van der Waals surface area (Å²) in [6.07, 6.45) is 92.3. The summed E-state index contributed by atoms with van der Waals surface area (Å²) in [5.74, 6) is -1.68. The summed E-state index contributed by atoms with van der Waals surface area (Å²) in [7, 11) is -9.83. The summed E-state index contributed by atoms with van der Waals surface area (Å²) in [5, 5.41) is 20.6. The number of phosphoric ester groups is 2. The van der Waals surface area contributed by atoms with E-state index in [4.69, 9.17) is 32.3 Å². The molecule has 0 aliphatic rings. The minimum atomic E-state index is -4.96. The van der Waals surface area contributed by atoms with Gasteiger partial charge in [-0.3, -0.25) is 32.5 Å². The Hall–Kier alpha value is -5.35. The van der Waals surface area contributed by atoms with Crippen molar-refractivity contribution in [1.29, 1.82) is 0 Å². The Morgan fingerprint density at radius 1 is 0.283 bits per heavy atom. The van der Waals surface area contributed by atoms with Gasteiger partial charge in [-0.15, -0.1) is 0 Å². The predicted octanol–water partition coefficient (Wildman–Crippen LogP) is 21.4. The molecule has 4 N–H and O–H groups in total. The first-order valence-electron chi connectivity index (χ1n) is 37.1. The van der Waals surface area contributed by atoms with Crippen molar-refractivity contribution >= 4 is 33.6 Å². The number of carbonyl (C=O) groups excluding carboxylic acids is 3. The molecule has 5 unspecified atom stereocenters. The highest BCUT2D eigenvalue weighted by Gasteiger charge is 2.29. The van der Waals surface area contributed by atoms with Gasteiger partial charge in [0.1, 0.15) is 25.4 Å². The molecule has 0 bridgehead atoms. The molecular formula is C81H130O16P2. The highest BCUT2D eigenvalue weighted by atomic mass is 31.2. The third-order valence-electron chi connectivity index (χ3n) is 14.6. The number of carbonyl (C=O) groups is 3. The quantitative estimate of drug-likeness (QED) is 0.0146. The van der Waals surface area contributed by atoms with Crippen LogP contribution < -0.4 is 0 Å². The summed E-state index contributed by atoms with van der Waals surface area (Å²) in [4.78, 5) is 58.5. The molecule has 0 radical (unpaired) electrons. The number of aliphatic hydroxyl groups is 2. The molecule has 5 atom stereocenters. The van der Waals surface area contributed by atoms with E-state index in [0.717, 1.165) is 167 Å². The molecule has 0 rings (SSSR count). The van der Waals surface area contributed by atoms with Crippen LogP contribution in [-0.2, 0) is 55.8 Å². The van der Waals surface area contributed by atoms with Crippen molar-refractivity contribution in [3.63, 3.8) is 0 Å². The first-order chi connectivity index (χ1) is 48.2. The molecule has 0 amide bonds. The van der Waals surface area contributed by atoms with E-state index < -0.39 is 91.5 Å². The summed E-state index contributed by atoms with van der Waals surface area (Å²) in [6.45, 7) is 2.21. The van der Waals surface area contributed by atoms with Gasteiger partial charge < -0.3 is 34.2 Å². The van der Waals surface area contributed by atoms with Gasteiger partial charge in [-0.2, -0.15) is 0 Å². The van der Waals surface area contributed by atoms with E-state index in [2.05, 4.69) is 191 Å². The zero-order valence-corrected chi connectivity index (χ0v) is 62.6. The van der Waals surface area contributed by atoms with E-state index in [1.807, 2.05) is 12.2 Å². The van der Waals surface area contributed by atoms with Crippen LogP contribution in [0.1, 0.15) is 252 Å². The number of hydrogen-bond acceptors (Lipinski definition) is 14. The van der Waals surface area contributed by atoms with Crippen molar-refractivity contribution in [1.82, 2.24) is 0 Å². The molecule has 0 aromatic carbocycles. The second-order valence-corrected chi connectivity index (χ2v) is 26.9. The van der Waals surface area contributed by atoms with Gasteiger partial charge in [0.2, 0.25) is 0 Å². The zero-order valence-electron chi connectivity index (χ0n) is 60.8. The number of rotatable bonds is 68. The van der Waals surface area contributed by atoms with Crippen LogP contribution in [0.3, 0.4) is 0 Å². The van der Waals surface area contributed by atoms with Crippen molar-refractivity contribution in [3.05, 3.63) is 182 Å². The predicted molar refractivity (Wildman–Crippen MR) is 408 cm³/mol. The van der Waals surface area contributed by atoms with Gasteiger partial charge in [0.05, 0.1) is 26.4 Å². The SMILES string of the molecule is CC/C=C\C/C=C\C/C=C\C/C=C\C/C=C\C/C=C\CCCCCCCCCCC(=O)OCC(O)COP(=O)(O)OCC(O)COP(=O)(O)OCC(COC(=O)CCCCCCCC/C=C\C/C=C\C/C=C\C/C=C\CC)OC(=O)CCC/C=C\C/C=C\C/C=C\C/C=C\C/C=C\CC. The fourth-order valence-corrected chi connectivity index (χ4v) is 10.7. The van der Waals surface area contributed by atoms with Gasteiger partial charge in [-0.25, -0.2) is 9.13 Å². The van der Waals surface area contributed by atoms with Crippen LogP contribution in [0.15, 0.2) is 182 Å². The van der Waals surface area contributed by atoms with Crippen LogP contribution in [0.4, 0.5) is 0 Å². The zero-order chi connectivity index (χ0) is 72.3. The maximum Gasteiger partial charge on any atom is 0.472 e. The number of ether oxygens (including phenoxy) is 3. The molecule has 0 heterocycles. The summed E-state index contributed by atoms with van der Waals surface area (Å²) >= 11 is 0. The maximum absolute atomic E-state index is 12.9. The van der Waals surface area contributed by atoms with Crippen molar-refractivity contribution in [2.75, 3.05) is 39.6 Å². The lowest BCUT2D eigenvalue weighted by Crippen LogP contribution is -2.30. The summed E-state index contributed by atoms with van der Waals surface area (Å²) in [5.41, 5.74) is 0. The number of hydrogen-bond donors (Lipinski definition) is 4. The van der Waals surface area contributed by atoms with Crippen molar-refractivity contribution in [2.45, 2.75) is 270 Å². The lowest BCUT2D eigenvalue weighted by atomic mass is 10.1. The Morgan fingerprint density at radius 3 is 0.828 bits per heavy atom. The van der Waals surface area contributed by atoms with Crippen molar-refractivity contribution in [3.8, 4) is 0 Å². The monoisotopic (exact) mass is 1420 g/mol. The highest BCUT2D eigenvalue weighted by Crippen LogP contribution is 2.45. The lowest BCUT2D eigenvalue weighted by Gasteiger charge is -2.21. The first-order valence-corrected chi connectivity index (χ1v) is 40.1. The highest BCUT2D eigenvalue weighted by molar-refractivity contribution is 7.47. The van der Waals surface area contributed by atoms with E-state index >= 15 is 0 Å². The second-order valence-electron chi connectivity index (χ2n) is 23.9. The molecule has 0 fully saturated rings. The van der Waals surface area contributed by atoms with Crippen LogP contribution >= 0.6 is 15.6 Å². The Balaban J connectivity index is 4.68. The lowest BCUT2D eigenvalue weighted by molar-refractivity contribution is -0.161. The molecule has 0 spiro atoms. The molecule has 0 aromatic rings. The molecule has 18 heteroatoms. The Labute approximate surface area is 598 Å². The second kappa shape index (κ2) is 72.4. The summed E-state index contributed by atoms with van der Waals surface area (Å²) < 4.78 is 61.0. The van der Waals surface area contributed by atoms with Crippen molar-refractivity contribution < 1.29 is 75.8 Å². The van der Waals surface area contributed by atoms with Gasteiger partial charge in [-0.1, -0.05) is 267 Å². The molecule has 0 aromatic heterocycles. The van der Waals surface area contributed by atoms with Crippen molar-refractivity contribution in [2.24, 2.45) is 0 Å². The van der Waals surface area contributed by atoms with Crippen LogP contribution in [-0.4, -0.2) is 95.9 Å². The Morgan fingerprint density at radius 2 is 0.515 bits per heavy atom. The fourth-order valence-electron chi connectivity index (χ4n) is 9.07. The number of phosphoric acid groups is 2. The molecule has 99 heavy (non-hydrogen) atoms. The number of unbranched alkanes of at least 4 members (excludes halogenated alkanes) is 15. The molecule has 0 aliphatic heterocycles. The molecule has 0 aliphatic carbocycles. The Kier molecular flexibility index (Phi) is 68.5. The molecule has 0 saturated carbocycles. The largest absolute Gasteiger partial charge is 0.472 e. The number of allylic oxidation sites excluding steroid dienone is 30. The number of esters is 3. The number of aliphatic hydroxyl groups excluding tert-OH is 2. The van der Waals surface area contributed by atoms with Crippen LogP contribution in [0.2, 0.25) is 0 Å². The van der Waals surface area contributed by atoms with E-state index in [1.54, 1.807) is 0 Å². The average molecular weight is 1420 g/mol. The standard InChI is InChI=1S/C81H130O16P2/c1-4-7-10-13-16-19-22-25-28-31-33-34-35-36-37-38-39-40-42-45-46-49-52-55-58-61-64-67-79(84)91-70-76(82)71-93-98(87,88)94-72-77(83)73-95-99(89,90)96-75-78(97-81(86)69-66-63-60-57-54-51-48-43-30-27-24-21-18-15-12-9-6-3)74-92-80(85)68-65-62-59-56-53-50-47-44-41-32-29-26-23-20-17-14-11-8-5-2/h7-12,16-21,25-30,33-34,36-37,39-41,44,48,51,57,60,76-78,82-83H,4-6,13-15,22-24,31-32,35,38,42-43,45-47,49-50,52-56,58-59,61-75H2,1-3H3,(H,87,88)(H,89,90)/b10-7-,11-8-,12-9-,19-16-,20-17-,21-18-,28-25-,29-26-,30-27-,34-33-,37-36-,40-39-,44-41-,51-48-,60-57-. The van der Waals surface area contributed by atoms with Gasteiger partial charge in [0, 0.05) is 19.3 Å². The average Bonchev–Trinajstić information content (AvgIpc) is 2.62. The normalized spacial score (nSPS) is 15.1. The first kappa shape index (κ1) is 93.6. The maximum atomic E-state index is 12.9. The van der Waals surface area contributed by atoms with E-state index in [9.17, 15) is 43.5 Å². The molecule has 560 valence electrons. The minimum Gasteiger partial charge on any atom is -0.463 e. The van der Waals surface area contributed by atoms with Crippen LogP contribution in [0, 0.1) is 0 Å². The molecule has 16 nitrogen and oxygen atoms in total. The summed E-state index contributed by atoms with van der Waals surface area (Å²) in [6, 6.07) is 0. The van der Waals surface area contributed by atoms with Gasteiger partial charge in [0.25, 0.3) is 0 Å². The third kappa shape index (κ3) is 73.7. The molecular weight excluding hydrogens is 1290 g/mol. The van der Waals surface area contributed by atoms with Gasteiger partial charge in [-0.05, 0) is 148 Å². The van der Waals surface area contributed by atoms with Gasteiger partial charge >= 0.3 is 33.6 Å². The van der Waals surface area contributed by atoms with E-state index in [0.29, 0.717) is 25.7 Å². The fraction of sp³-hybridized carbons (Fsp3) is 0.593. The smallest absolute Gasteiger partial charge is 0.463 e. The minimum absolute atomic E-state index is 0.0157. The Bertz CT molecular complexity index is 2530. The van der Waals surface area contributed by atoms with E-state index in [-0.39, 0.29) is 19.3 Å². The third-order valence-corrected chi connectivity index (χ3v) is 16.5. The van der Waals surface area contributed by atoms with Crippen LogP contribution in [0.25, 0.3) is 0 Å². The van der Waals surface area contributed by atoms with Crippen LogP contribution in [0.5, 0.6) is 0 Å². The molecule has 0 saturated heterocycles.